The summed E-state index contributed by atoms with van der Waals surface area (Å²) < 4.78 is 0. The van der Waals surface area contributed by atoms with Crippen molar-refractivity contribution in [2.75, 3.05) is 17.6 Å². The molecule has 0 saturated heterocycles. The van der Waals surface area contributed by atoms with E-state index in [4.69, 9.17) is 11.5 Å². The highest BCUT2D eigenvalue weighted by Crippen LogP contribution is 2.30. The minimum absolute atomic E-state index is 0.296. The number of imidazole rings is 1. The van der Waals surface area contributed by atoms with Crippen molar-refractivity contribution < 1.29 is 9.85 Å². The number of aromatic amines is 1. The number of nitrogens with zero attached hydrogens (tertiary/aromatic N) is 5. The van der Waals surface area contributed by atoms with E-state index in [9.17, 15) is 20.2 Å². The minimum atomic E-state index is -0.668. The molecule has 0 spiro atoms. The molecule has 0 fully saturated rings. The molecule has 3 rings (SSSR count). The maximum absolute atomic E-state index is 11.2. The number of anilines is 2. The third kappa shape index (κ3) is 4.75. The van der Waals surface area contributed by atoms with E-state index in [-0.39, 0.29) is 11.4 Å². The predicted molar refractivity (Wildman–Crippen MR) is 110 cm³/mol. The molecule has 30 heavy (non-hydrogen) atoms. The molecule has 2 heterocycles. The number of fused-ring (bicyclic) bond motifs is 1. The largest absolute Gasteiger partial charge is 0.382 e. The molecule has 0 bridgehead atoms. The van der Waals surface area contributed by atoms with Gasteiger partial charge in [0.05, 0.1) is 15.9 Å². The molecule has 0 aliphatic heterocycles. The van der Waals surface area contributed by atoms with Gasteiger partial charge in [-0.25, -0.2) is 9.97 Å². The lowest BCUT2D eigenvalue weighted by Crippen LogP contribution is -2.13. The molecule has 0 aliphatic rings. The first kappa shape index (κ1) is 20.9. The summed E-state index contributed by atoms with van der Waals surface area (Å²) in [5, 5.41) is 25.2. The summed E-state index contributed by atoms with van der Waals surface area (Å²) >= 11 is 0. The van der Waals surface area contributed by atoms with Crippen molar-refractivity contribution in [3.05, 3.63) is 50.3 Å². The summed E-state index contributed by atoms with van der Waals surface area (Å²) in [5.41, 5.74) is 12.6. The summed E-state index contributed by atoms with van der Waals surface area (Å²) in [7, 11) is 0. The van der Waals surface area contributed by atoms with Crippen LogP contribution >= 0.6 is 0 Å². The van der Waals surface area contributed by atoms with E-state index in [0.29, 0.717) is 41.5 Å². The zero-order valence-electron chi connectivity index (χ0n) is 15.9. The van der Waals surface area contributed by atoms with Crippen LogP contribution in [0.5, 0.6) is 0 Å². The van der Waals surface area contributed by atoms with Gasteiger partial charge in [0.2, 0.25) is 5.95 Å². The number of nitrogens with one attached hydrogen (secondary N) is 2. The van der Waals surface area contributed by atoms with Gasteiger partial charge in [-0.05, 0) is 18.9 Å². The molecule has 2 aromatic heterocycles. The van der Waals surface area contributed by atoms with Crippen molar-refractivity contribution in [3.8, 4) is 0 Å². The number of hydrogen-bond donors (Lipinski definition) is 4. The van der Waals surface area contributed by atoms with Crippen molar-refractivity contribution in [1.82, 2.24) is 19.9 Å². The van der Waals surface area contributed by atoms with Crippen LogP contribution in [0.4, 0.5) is 23.1 Å². The first-order valence-electron chi connectivity index (χ1n) is 9.25. The van der Waals surface area contributed by atoms with E-state index in [1.165, 1.54) is 18.5 Å². The van der Waals surface area contributed by atoms with Gasteiger partial charge in [0.15, 0.2) is 11.5 Å². The average molecular weight is 415 g/mol. The summed E-state index contributed by atoms with van der Waals surface area (Å²) in [6.07, 6.45) is 4.28. The number of rotatable bonds is 10. The Bertz CT molecular complexity index is 1070. The Morgan fingerprint density at radius 1 is 1.13 bits per heavy atom. The lowest BCUT2D eigenvalue weighted by atomic mass is 9.99. The number of nitro groups is 2. The number of nitro benzene ring substituents is 2. The lowest BCUT2D eigenvalue weighted by molar-refractivity contribution is -0.394. The van der Waals surface area contributed by atoms with Gasteiger partial charge in [0.1, 0.15) is 11.8 Å². The third-order valence-electron chi connectivity index (χ3n) is 4.62. The Morgan fingerprint density at radius 3 is 2.63 bits per heavy atom. The molecule has 1 aromatic carbocycles. The smallest absolute Gasteiger partial charge is 0.281 e. The summed E-state index contributed by atoms with van der Waals surface area (Å²) in [4.78, 5) is 36.0. The molecule has 13 heteroatoms. The monoisotopic (exact) mass is 415 g/mol. The number of hydrogen-bond acceptors (Lipinski definition) is 10. The van der Waals surface area contributed by atoms with Crippen molar-refractivity contribution in [2.45, 2.75) is 31.7 Å². The molecule has 6 N–H and O–H groups in total. The number of nitrogens with two attached hydrogens (primary N) is 2. The number of nitrogen functional groups attached to an aromatic ring is 1. The zero-order chi connectivity index (χ0) is 21.7. The second-order valence-electron chi connectivity index (χ2n) is 6.68. The fourth-order valence-corrected chi connectivity index (χ4v) is 3.08. The van der Waals surface area contributed by atoms with Crippen molar-refractivity contribution in [1.29, 1.82) is 0 Å². The lowest BCUT2D eigenvalue weighted by Gasteiger charge is -2.12. The maximum Gasteiger partial charge on any atom is 0.281 e. The van der Waals surface area contributed by atoms with Gasteiger partial charge in [-0.2, -0.15) is 4.98 Å². The van der Waals surface area contributed by atoms with Crippen LogP contribution in [0.1, 0.15) is 37.3 Å². The Labute approximate surface area is 170 Å². The van der Waals surface area contributed by atoms with Gasteiger partial charge in [-0.1, -0.05) is 12.8 Å². The number of aromatic nitrogens is 4. The highest BCUT2D eigenvalue weighted by atomic mass is 16.6. The predicted octanol–water partition coefficient (Wildman–Crippen LogP) is 2.42. The second kappa shape index (κ2) is 9.09. The Kier molecular flexibility index (Phi) is 6.32. The molecule has 1 unspecified atom stereocenters. The number of non-ortho nitro benzene ring substituents is 1. The van der Waals surface area contributed by atoms with Gasteiger partial charge in [0, 0.05) is 24.2 Å². The number of H-pyrrole nitrogens is 1. The number of unbranched alkanes of at least 4 members (excludes halogenated alkanes) is 2. The van der Waals surface area contributed by atoms with Gasteiger partial charge in [-0.15, -0.1) is 0 Å². The molecular formula is C17H21N9O4. The standard InChI is InChI=1S/C17H21N9O4/c18-12(11-6-5-10(25(27)28)8-13(11)26(29)30)4-2-1-3-7-20-17-23-14-15(19)21-9-22-16(14)24-17/h5-6,8-9,12H,1-4,7,18H2,(H4,19,20,21,22,23,24). The van der Waals surface area contributed by atoms with Crippen LogP contribution in [0.2, 0.25) is 0 Å². The molecule has 3 aromatic rings. The fraction of sp³-hybridized carbons (Fsp3) is 0.353. The third-order valence-corrected chi connectivity index (χ3v) is 4.62. The summed E-state index contributed by atoms with van der Waals surface area (Å²) in [6, 6.07) is 2.97. The Hall–Kier alpha value is -3.87. The highest BCUT2D eigenvalue weighted by molar-refractivity contribution is 5.82. The normalized spacial score (nSPS) is 12.0. The Morgan fingerprint density at radius 2 is 1.93 bits per heavy atom. The van der Waals surface area contributed by atoms with Gasteiger partial charge >= 0.3 is 0 Å². The van der Waals surface area contributed by atoms with Gasteiger partial charge in [0.25, 0.3) is 11.4 Å². The molecule has 0 aliphatic carbocycles. The Balaban J connectivity index is 1.46. The highest BCUT2D eigenvalue weighted by Gasteiger charge is 2.23. The van der Waals surface area contributed by atoms with Crippen LogP contribution in [0, 0.1) is 20.2 Å². The summed E-state index contributed by atoms with van der Waals surface area (Å²) in [5.74, 6) is 0.880. The van der Waals surface area contributed by atoms with E-state index in [1.54, 1.807) is 0 Å². The van der Waals surface area contributed by atoms with Crippen LogP contribution in [0.3, 0.4) is 0 Å². The zero-order valence-corrected chi connectivity index (χ0v) is 15.9. The van der Waals surface area contributed by atoms with Crippen LogP contribution in [-0.2, 0) is 0 Å². The molecule has 1 atom stereocenters. The van der Waals surface area contributed by atoms with Crippen molar-refractivity contribution in [2.24, 2.45) is 5.73 Å². The van der Waals surface area contributed by atoms with Crippen LogP contribution in [-0.4, -0.2) is 36.3 Å². The van der Waals surface area contributed by atoms with E-state index < -0.39 is 15.9 Å². The molecule has 0 radical (unpaired) electrons. The maximum atomic E-state index is 11.2. The van der Waals surface area contributed by atoms with Crippen molar-refractivity contribution in [3.63, 3.8) is 0 Å². The van der Waals surface area contributed by atoms with Gasteiger partial charge < -0.3 is 21.8 Å². The van der Waals surface area contributed by atoms with E-state index in [1.807, 2.05) is 0 Å². The fourth-order valence-electron chi connectivity index (χ4n) is 3.08. The molecule has 0 saturated carbocycles. The van der Waals surface area contributed by atoms with E-state index in [2.05, 4.69) is 25.3 Å². The topological polar surface area (TPSA) is 205 Å². The van der Waals surface area contributed by atoms with Crippen LogP contribution in [0.15, 0.2) is 24.5 Å². The quantitative estimate of drug-likeness (QED) is 0.216. The van der Waals surface area contributed by atoms with E-state index >= 15 is 0 Å². The summed E-state index contributed by atoms with van der Waals surface area (Å²) in [6.45, 7) is 0.653. The van der Waals surface area contributed by atoms with Gasteiger partial charge in [-0.3, -0.25) is 20.2 Å². The second-order valence-corrected chi connectivity index (χ2v) is 6.68. The minimum Gasteiger partial charge on any atom is -0.382 e. The SMILES string of the molecule is Nc1ncnc2nc(NCCCCCC(N)c3ccc([N+](=O)[O-])cc3[N+](=O)[O-])[nH]c12. The van der Waals surface area contributed by atoms with E-state index in [0.717, 1.165) is 25.3 Å². The average Bonchev–Trinajstić information content (AvgIpc) is 3.14. The first-order chi connectivity index (χ1) is 14.4. The number of benzene rings is 1. The molecule has 13 nitrogen and oxygen atoms in total. The van der Waals surface area contributed by atoms with Crippen LogP contribution in [0.25, 0.3) is 11.2 Å². The molecular weight excluding hydrogens is 394 g/mol. The molecule has 0 amide bonds. The first-order valence-corrected chi connectivity index (χ1v) is 9.25. The van der Waals surface area contributed by atoms with Crippen molar-refractivity contribution >= 4 is 34.3 Å². The van der Waals surface area contributed by atoms with Crippen LogP contribution < -0.4 is 16.8 Å². The molecule has 158 valence electrons.